The van der Waals surface area contributed by atoms with Crippen LogP contribution < -0.4 is 10.2 Å². The van der Waals surface area contributed by atoms with Crippen LogP contribution in [0.25, 0.3) is 0 Å². The molecule has 1 fully saturated rings. The Morgan fingerprint density at radius 3 is 2.81 bits per heavy atom. The SMILES string of the molecule is CCCNCc1ccc(N(C)C2CCCC(C)C2)c(Cl)c1. The van der Waals surface area contributed by atoms with E-state index in [0.717, 1.165) is 30.5 Å². The van der Waals surface area contributed by atoms with Crippen LogP contribution in [0.1, 0.15) is 51.5 Å². The van der Waals surface area contributed by atoms with Crippen molar-refractivity contribution in [2.45, 2.75) is 58.5 Å². The highest BCUT2D eigenvalue weighted by molar-refractivity contribution is 6.33. The largest absolute Gasteiger partial charge is 0.370 e. The molecule has 2 nitrogen and oxygen atoms in total. The van der Waals surface area contributed by atoms with E-state index in [9.17, 15) is 0 Å². The molecule has 3 heteroatoms. The summed E-state index contributed by atoms with van der Waals surface area (Å²) in [5, 5.41) is 4.31. The van der Waals surface area contributed by atoms with Crippen LogP contribution in [0.2, 0.25) is 5.02 Å². The van der Waals surface area contributed by atoms with E-state index in [1.54, 1.807) is 0 Å². The molecule has 0 heterocycles. The van der Waals surface area contributed by atoms with Gasteiger partial charge in [-0.15, -0.1) is 0 Å². The van der Waals surface area contributed by atoms with Gasteiger partial charge in [-0.05, 0) is 49.4 Å². The molecule has 1 aromatic rings. The number of anilines is 1. The first-order chi connectivity index (χ1) is 10.1. The number of nitrogens with one attached hydrogen (secondary N) is 1. The van der Waals surface area contributed by atoms with Gasteiger partial charge in [0.2, 0.25) is 0 Å². The summed E-state index contributed by atoms with van der Waals surface area (Å²) in [6.45, 7) is 6.50. The standard InChI is InChI=1S/C18H29ClN2/c1-4-10-20-13-15-8-9-18(17(19)12-15)21(3)16-7-5-6-14(2)11-16/h8-9,12,14,16,20H,4-7,10-11,13H2,1-3H3. The molecule has 0 amide bonds. The predicted octanol–water partition coefficient (Wildman–Crippen LogP) is 4.85. The van der Waals surface area contributed by atoms with Crippen molar-refractivity contribution in [3.63, 3.8) is 0 Å². The molecule has 0 bridgehead atoms. The second-order valence-electron chi connectivity index (χ2n) is 6.50. The van der Waals surface area contributed by atoms with Crippen LogP contribution in [0.3, 0.4) is 0 Å². The summed E-state index contributed by atoms with van der Waals surface area (Å²) < 4.78 is 0. The average molecular weight is 309 g/mol. The summed E-state index contributed by atoms with van der Waals surface area (Å²) >= 11 is 6.52. The normalized spacial score (nSPS) is 22.3. The van der Waals surface area contributed by atoms with Gasteiger partial charge in [0.05, 0.1) is 10.7 Å². The van der Waals surface area contributed by atoms with Gasteiger partial charge >= 0.3 is 0 Å². The maximum absolute atomic E-state index is 6.52. The Labute approximate surface area is 134 Å². The Kier molecular flexibility index (Phi) is 6.38. The summed E-state index contributed by atoms with van der Waals surface area (Å²) in [7, 11) is 2.19. The molecular formula is C18H29ClN2. The number of halogens is 1. The van der Waals surface area contributed by atoms with E-state index in [4.69, 9.17) is 11.6 Å². The average Bonchev–Trinajstić information content (AvgIpc) is 2.47. The lowest BCUT2D eigenvalue weighted by Gasteiger charge is -2.36. The van der Waals surface area contributed by atoms with Gasteiger partial charge in [0.25, 0.3) is 0 Å². The van der Waals surface area contributed by atoms with Crippen LogP contribution in [0.5, 0.6) is 0 Å². The zero-order valence-corrected chi connectivity index (χ0v) is 14.4. The molecular weight excluding hydrogens is 280 g/mol. The van der Waals surface area contributed by atoms with E-state index >= 15 is 0 Å². The summed E-state index contributed by atoms with van der Waals surface area (Å²) in [6.07, 6.45) is 6.45. The van der Waals surface area contributed by atoms with Gasteiger partial charge in [0, 0.05) is 19.6 Å². The highest BCUT2D eigenvalue weighted by Gasteiger charge is 2.23. The molecule has 0 radical (unpaired) electrons. The van der Waals surface area contributed by atoms with Crippen molar-refractivity contribution in [1.29, 1.82) is 0 Å². The molecule has 0 aromatic heterocycles. The zero-order chi connectivity index (χ0) is 15.2. The lowest BCUT2D eigenvalue weighted by molar-refractivity contribution is 0.336. The van der Waals surface area contributed by atoms with E-state index in [-0.39, 0.29) is 0 Å². The Morgan fingerprint density at radius 1 is 1.33 bits per heavy atom. The third-order valence-electron chi connectivity index (χ3n) is 4.60. The quantitative estimate of drug-likeness (QED) is 0.755. The summed E-state index contributed by atoms with van der Waals surface area (Å²) in [4.78, 5) is 2.39. The maximum atomic E-state index is 6.52. The molecule has 0 spiro atoms. The lowest BCUT2D eigenvalue weighted by Crippen LogP contribution is -2.35. The van der Waals surface area contributed by atoms with E-state index in [2.05, 4.69) is 49.3 Å². The van der Waals surface area contributed by atoms with Crippen LogP contribution in [-0.2, 0) is 6.54 Å². The summed E-state index contributed by atoms with van der Waals surface area (Å²) in [5.74, 6) is 0.836. The minimum Gasteiger partial charge on any atom is -0.370 e. The summed E-state index contributed by atoms with van der Waals surface area (Å²) in [6, 6.07) is 7.13. The van der Waals surface area contributed by atoms with Crippen molar-refractivity contribution >= 4 is 17.3 Å². The second-order valence-corrected chi connectivity index (χ2v) is 6.91. The van der Waals surface area contributed by atoms with Crippen molar-refractivity contribution in [3.05, 3.63) is 28.8 Å². The Bertz CT molecular complexity index is 447. The Balaban J connectivity index is 2.02. The highest BCUT2D eigenvalue weighted by Crippen LogP contribution is 2.33. The molecule has 1 aromatic carbocycles. The van der Waals surface area contributed by atoms with Gasteiger partial charge in [-0.2, -0.15) is 0 Å². The fourth-order valence-electron chi connectivity index (χ4n) is 3.31. The van der Waals surface area contributed by atoms with E-state index < -0.39 is 0 Å². The molecule has 1 saturated carbocycles. The molecule has 1 N–H and O–H groups in total. The van der Waals surface area contributed by atoms with Crippen LogP contribution in [0, 0.1) is 5.92 Å². The van der Waals surface area contributed by atoms with Gasteiger partial charge in [-0.1, -0.05) is 44.4 Å². The third-order valence-corrected chi connectivity index (χ3v) is 4.91. The molecule has 2 atom stereocenters. The van der Waals surface area contributed by atoms with Gasteiger partial charge in [0.15, 0.2) is 0 Å². The van der Waals surface area contributed by atoms with E-state index in [0.29, 0.717) is 6.04 Å². The fourth-order valence-corrected chi connectivity index (χ4v) is 3.64. The van der Waals surface area contributed by atoms with E-state index in [1.807, 2.05) is 0 Å². The molecule has 118 valence electrons. The Hall–Kier alpha value is -0.730. The van der Waals surface area contributed by atoms with Gasteiger partial charge in [-0.3, -0.25) is 0 Å². The van der Waals surface area contributed by atoms with Crippen molar-refractivity contribution in [1.82, 2.24) is 5.32 Å². The zero-order valence-electron chi connectivity index (χ0n) is 13.7. The van der Waals surface area contributed by atoms with E-state index in [1.165, 1.54) is 36.9 Å². The van der Waals surface area contributed by atoms with Gasteiger partial charge < -0.3 is 10.2 Å². The highest BCUT2D eigenvalue weighted by atomic mass is 35.5. The van der Waals surface area contributed by atoms with Crippen molar-refractivity contribution in [3.8, 4) is 0 Å². The molecule has 2 unspecified atom stereocenters. The molecule has 1 aliphatic carbocycles. The van der Waals surface area contributed by atoms with Crippen LogP contribution in [0.4, 0.5) is 5.69 Å². The minimum atomic E-state index is 0.635. The van der Waals surface area contributed by atoms with Gasteiger partial charge in [0.1, 0.15) is 0 Å². The Morgan fingerprint density at radius 2 is 2.14 bits per heavy atom. The maximum Gasteiger partial charge on any atom is 0.0642 e. The van der Waals surface area contributed by atoms with Crippen molar-refractivity contribution in [2.75, 3.05) is 18.5 Å². The smallest absolute Gasteiger partial charge is 0.0642 e. The topological polar surface area (TPSA) is 15.3 Å². The first-order valence-corrected chi connectivity index (χ1v) is 8.71. The van der Waals surface area contributed by atoms with Crippen LogP contribution in [0.15, 0.2) is 18.2 Å². The second kappa shape index (κ2) is 8.05. The molecule has 0 saturated heterocycles. The van der Waals surface area contributed by atoms with Crippen molar-refractivity contribution < 1.29 is 0 Å². The monoisotopic (exact) mass is 308 g/mol. The molecule has 1 aliphatic rings. The van der Waals surface area contributed by atoms with Crippen molar-refractivity contribution in [2.24, 2.45) is 5.92 Å². The number of nitrogens with zero attached hydrogens (tertiary/aromatic N) is 1. The fraction of sp³-hybridized carbons (Fsp3) is 0.667. The number of benzene rings is 1. The molecule has 0 aliphatic heterocycles. The third kappa shape index (κ3) is 4.62. The number of hydrogen-bond donors (Lipinski definition) is 1. The first-order valence-electron chi connectivity index (χ1n) is 8.33. The summed E-state index contributed by atoms with van der Waals surface area (Å²) in [5.41, 5.74) is 2.44. The van der Waals surface area contributed by atoms with Crippen LogP contribution >= 0.6 is 11.6 Å². The number of rotatable bonds is 6. The predicted molar refractivity (Wildman–Crippen MR) is 93.3 cm³/mol. The molecule has 2 rings (SSSR count). The van der Waals surface area contributed by atoms with Crippen LogP contribution in [-0.4, -0.2) is 19.6 Å². The lowest BCUT2D eigenvalue weighted by atomic mass is 9.86. The van der Waals surface area contributed by atoms with Gasteiger partial charge in [-0.25, -0.2) is 0 Å². The first kappa shape index (κ1) is 16.6. The minimum absolute atomic E-state index is 0.635. The number of hydrogen-bond acceptors (Lipinski definition) is 2. The molecule has 21 heavy (non-hydrogen) atoms.